The van der Waals surface area contributed by atoms with E-state index in [9.17, 15) is 5.11 Å². The lowest BCUT2D eigenvalue weighted by molar-refractivity contribution is -0.0574. The van der Waals surface area contributed by atoms with E-state index in [1.807, 2.05) is 13.1 Å². The molecule has 2 rings (SSSR count). The van der Waals surface area contributed by atoms with Gasteiger partial charge in [0.25, 0.3) is 0 Å². The Morgan fingerprint density at radius 1 is 1.56 bits per heavy atom. The molecule has 0 aromatic carbocycles. The zero-order chi connectivity index (χ0) is 13.0. The molecule has 1 aliphatic rings. The Balaban J connectivity index is 2.06. The van der Waals surface area contributed by atoms with Crippen molar-refractivity contribution >= 4 is 5.95 Å². The summed E-state index contributed by atoms with van der Waals surface area (Å²) in [5, 5.41) is 19.2. The van der Waals surface area contributed by atoms with Gasteiger partial charge in [-0.2, -0.15) is 5.26 Å². The Labute approximate surface area is 106 Å². The van der Waals surface area contributed by atoms with Crippen LogP contribution in [0.4, 0.5) is 5.95 Å². The van der Waals surface area contributed by atoms with Crippen LogP contribution >= 0.6 is 0 Å². The molecule has 0 radical (unpaired) electrons. The van der Waals surface area contributed by atoms with Crippen LogP contribution in [0.25, 0.3) is 0 Å². The number of nitrogens with zero attached hydrogens (tertiary/aromatic N) is 4. The third-order valence-electron chi connectivity index (χ3n) is 3.05. The smallest absolute Gasteiger partial charge is 0.226 e. The fourth-order valence-electron chi connectivity index (χ4n) is 2.02. The normalized spacial score (nSPS) is 18.1. The largest absolute Gasteiger partial charge is 0.388 e. The number of anilines is 1. The Kier molecular flexibility index (Phi) is 3.75. The van der Waals surface area contributed by atoms with Crippen molar-refractivity contribution in [3.8, 4) is 6.07 Å². The van der Waals surface area contributed by atoms with E-state index in [1.165, 1.54) is 0 Å². The fraction of sp³-hybridized carbons (Fsp3) is 0.583. The van der Waals surface area contributed by atoms with Crippen molar-refractivity contribution in [2.45, 2.75) is 18.4 Å². The first-order valence-electron chi connectivity index (χ1n) is 5.87. The van der Waals surface area contributed by atoms with Gasteiger partial charge in [-0.05, 0) is 6.07 Å². The Morgan fingerprint density at radius 3 is 2.94 bits per heavy atom. The van der Waals surface area contributed by atoms with Crippen molar-refractivity contribution in [3.05, 3.63) is 18.0 Å². The van der Waals surface area contributed by atoms with Gasteiger partial charge in [0.15, 0.2) is 0 Å². The molecule has 6 nitrogen and oxygen atoms in total. The summed E-state index contributed by atoms with van der Waals surface area (Å²) < 4.78 is 5.24. The van der Waals surface area contributed by atoms with E-state index in [-0.39, 0.29) is 0 Å². The second-order valence-corrected chi connectivity index (χ2v) is 4.55. The molecule has 0 saturated carbocycles. The molecule has 1 aromatic rings. The summed E-state index contributed by atoms with van der Waals surface area (Å²) in [4.78, 5) is 9.97. The molecule has 1 fully saturated rings. The number of aliphatic hydroxyl groups is 1. The van der Waals surface area contributed by atoms with Crippen LogP contribution in [0.5, 0.6) is 0 Å². The minimum Gasteiger partial charge on any atom is -0.388 e. The van der Waals surface area contributed by atoms with E-state index in [2.05, 4.69) is 9.97 Å². The lowest BCUT2D eigenvalue weighted by Gasteiger charge is -2.35. The number of hydrogen-bond acceptors (Lipinski definition) is 6. The van der Waals surface area contributed by atoms with E-state index >= 15 is 0 Å². The van der Waals surface area contributed by atoms with Gasteiger partial charge in [0, 0.05) is 45.8 Å². The highest BCUT2D eigenvalue weighted by molar-refractivity contribution is 5.33. The maximum Gasteiger partial charge on any atom is 0.226 e. The highest BCUT2D eigenvalue weighted by Gasteiger charge is 2.31. The van der Waals surface area contributed by atoms with Crippen LogP contribution in [-0.2, 0) is 4.74 Å². The highest BCUT2D eigenvalue weighted by Crippen LogP contribution is 2.22. The predicted molar refractivity (Wildman–Crippen MR) is 65.0 cm³/mol. The van der Waals surface area contributed by atoms with E-state index < -0.39 is 5.60 Å². The SMILES string of the molecule is CN(CC1(O)CCOCC1)c1nccc(C#N)n1. The summed E-state index contributed by atoms with van der Waals surface area (Å²) in [5.41, 5.74) is -0.440. The standard InChI is InChI=1S/C12H16N4O2/c1-16(9-12(17)3-6-18-7-4-12)11-14-5-2-10(8-13)15-11/h2,5,17H,3-4,6-7,9H2,1H3. The lowest BCUT2D eigenvalue weighted by atomic mass is 9.94. The maximum atomic E-state index is 10.4. The molecule has 18 heavy (non-hydrogen) atoms. The number of rotatable bonds is 3. The number of nitriles is 1. The minimum atomic E-state index is -0.765. The van der Waals surface area contributed by atoms with Gasteiger partial charge in [0.05, 0.1) is 5.60 Å². The summed E-state index contributed by atoms with van der Waals surface area (Å²) in [7, 11) is 1.81. The second-order valence-electron chi connectivity index (χ2n) is 4.55. The number of aromatic nitrogens is 2. The van der Waals surface area contributed by atoms with E-state index in [4.69, 9.17) is 10.00 Å². The van der Waals surface area contributed by atoms with E-state index in [0.29, 0.717) is 44.2 Å². The van der Waals surface area contributed by atoms with Crippen molar-refractivity contribution in [3.63, 3.8) is 0 Å². The van der Waals surface area contributed by atoms with Crippen molar-refractivity contribution < 1.29 is 9.84 Å². The second kappa shape index (κ2) is 5.29. The van der Waals surface area contributed by atoms with Crippen LogP contribution in [0, 0.1) is 11.3 Å². The molecule has 1 N–H and O–H groups in total. The van der Waals surface area contributed by atoms with Crippen LogP contribution in [-0.4, -0.2) is 47.5 Å². The maximum absolute atomic E-state index is 10.4. The summed E-state index contributed by atoms with van der Waals surface area (Å²) >= 11 is 0. The molecule has 0 aliphatic carbocycles. The van der Waals surface area contributed by atoms with E-state index in [0.717, 1.165) is 0 Å². The third kappa shape index (κ3) is 2.94. The van der Waals surface area contributed by atoms with Gasteiger partial charge in [-0.1, -0.05) is 0 Å². The summed E-state index contributed by atoms with van der Waals surface area (Å²) in [6.45, 7) is 1.58. The lowest BCUT2D eigenvalue weighted by Crippen LogP contribution is -2.46. The van der Waals surface area contributed by atoms with Crippen molar-refractivity contribution in [1.29, 1.82) is 5.26 Å². The number of hydrogen-bond donors (Lipinski definition) is 1. The summed E-state index contributed by atoms with van der Waals surface area (Å²) in [5.74, 6) is 0.453. The molecule has 1 aliphatic heterocycles. The highest BCUT2D eigenvalue weighted by atomic mass is 16.5. The minimum absolute atomic E-state index is 0.325. The fourth-order valence-corrected chi connectivity index (χ4v) is 2.02. The molecule has 0 bridgehead atoms. The van der Waals surface area contributed by atoms with Gasteiger partial charge in [0.2, 0.25) is 5.95 Å². The molecule has 0 atom stereocenters. The van der Waals surface area contributed by atoms with Gasteiger partial charge < -0.3 is 14.7 Å². The Hall–Kier alpha value is -1.71. The quantitative estimate of drug-likeness (QED) is 0.829. The van der Waals surface area contributed by atoms with Crippen LogP contribution in [0.2, 0.25) is 0 Å². The first kappa shape index (κ1) is 12.7. The van der Waals surface area contributed by atoms with Crippen molar-refractivity contribution in [2.75, 3.05) is 31.7 Å². The van der Waals surface area contributed by atoms with E-state index in [1.54, 1.807) is 17.2 Å². The zero-order valence-corrected chi connectivity index (χ0v) is 10.3. The van der Waals surface area contributed by atoms with Crippen LogP contribution in [0.15, 0.2) is 12.3 Å². The first-order chi connectivity index (χ1) is 8.63. The molecular formula is C12H16N4O2. The molecular weight excluding hydrogens is 232 g/mol. The molecule has 0 amide bonds. The molecule has 0 unspecified atom stereocenters. The van der Waals surface area contributed by atoms with Crippen molar-refractivity contribution in [1.82, 2.24) is 9.97 Å². The summed E-state index contributed by atoms with van der Waals surface area (Å²) in [6.07, 6.45) is 2.76. The number of ether oxygens (including phenoxy) is 1. The molecule has 1 saturated heterocycles. The van der Waals surface area contributed by atoms with Crippen LogP contribution in [0.3, 0.4) is 0 Å². The van der Waals surface area contributed by atoms with Gasteiger partial charge in [-0.3, -0.25) is 0 Å². The molecule has 1 aromatic heterocycles. The summed E-state index contributed by atoms with van der Waals surface area (Å²) in [6, 6.07) is 3.53. The number of likely N-dealkylation sites (N-methyl/N-ethyl adjacent to an activating group) is 1. The average Bonchev–Trinajstić information content (AvgIpc) is 2.39. The Morgan fingerprint density at radius 2 is 2.28 bits per heavy atom. The predicted octanol–water partition coefficient (Wildman–Crippen LogP) is 0.326. The van der Waals surface area contributed by atoms with Crippen LogP contribution < -0.4 is 4.90 Å². The topological polar surface area (TPSA) is 82.3 Å². The molecule has 6 heteroatoms. The van der Waals surface area contributed by atoms with Gasteiger partial charge in [-0.15, -0.1) is 0 Å². The van der Waals surface area contributed by atoms with Crippen LogP contribution in [0.1, 0.15) is 18.5 Å². The average molecular weight is 248 g/mol. The zero-order valence-electron chi connectivity index (χ0n) is 10.3. The van der Waals surface area contributed by atoms with Crippen molar-refractivity contribution in [2.24, 2.45) is 0 Å². The molecule has 0 spiro atoms. The monoisotopic (exact) mass is 248 g/mol. The Bertz CT molecular complexity index is 452. The third-order valence-corrected chi connectivity index (χ3v) is 3.05. The molecule has 2 heterocycles. The van der Waals surface area contributed by atoms with Gasteiger partial charge in [0.1, 0.15) is 11.8 Å². The molecule has 96 valence electrons. The van der Waals surface area contributed by atoms with Gasteiger partial charge >= 0.3 is 0 Å². The van der Waals surface area contributed by atoms with Gasteiger partial charge in [-0.25, -0.2) is 9.97 Å². The first-order valence-corrected chi connectivity index (χ1v) is 5.87.